The van der Waals surface area contributed by atoms with Crippen LogP contribution in [-0.2, 0) is 6.18 Å². The molecule has 0 aromatic carbocycles. The van der Waals surface area contributed by atoms with E-state index >= 15 is 0 Å². The summed E-state index contributed by atoms with van der Waals surface area (Å²) in [4.78, 5) is 2.89. The van der Waals surface area contributed by atoms with Crippen LogP contribution in [0.5, 0.6) is 0 Å². The Morgan fingerprint density at radius 3 is 2.27 bits per heavy atom. The van der Waals surface area contributed by atoms with Crippen molar-refractivity contribution in [2.24, 2.45) is 0 Å². The van der Waals surface area contributed by atoms with Crippen molar-refractivity contribution in [3.8, 4) is 0 Å². The zero-order valence-corrected chi connectivity index (χ0v) is 8.13. The molecular formula is C8H5ClF5N. The molecule has 1 aromatic rings. The fraction of sp³-hybridized carbons (Fsp3) is 0.375. The Bertz CT molecular complexity index is 374. The average Bonchev–Trinajstić information content (AvgIpc) is 2.06. The quantitative estimate of drug-likeness (QED) is 0.682. The van der Waals surface area contributed by atoms with Gasteiger partial charge in [-0.15, -0.1) is 0 Å². The largest absolute Gasteiger partial charge is 0.433 e. The van der Waals surface area contributed by atoms with E-state index in [1.165, 1.54) is 0 Å². The summed E-state index contributed by atoms with van der Waals surface area (Å²) < 4.78 is 61.6. The highest BCUT2D eigenvalue weighted by molar-refractivity contribution is 6.31. The second kappa shape index (κ2) is 3.92. The Kier molecular flexibility index (Phi) is 3.18. The zero-order valence-electron chi connectivity index (χ0n) is 7.37. The summed E-state index contributed by atoms with van der Waals surface area (Å²) in [6.07, 6.45) is -7.44. The molecule has 1 nitrogen and oxygen atoms in total. The van der Waals surface area contributed by atoms with Crippen LogP contribution in [0.25, 0.3) is 0 Å². The van der Waals surface area contributed by atoms with E-state index in [1.54, 1.807) is 0 Å². The van der Waals surface area contributed by atoms with Crippen molar-refractivity contribution >= 4 is 11.6 Å². The number of aromatic nitrogens is 1. The molecule has 0 amide bonds. The lowest BCUT2D eigenvalue weighted by molar-refractivity contribution is -0.143. The van der Waals surface area contributed by atoms with E-state index in [1.807, 2.05) is 0 Å². The minimum Gasteiger partial charge on any atom is -0.250 e. The van der Waals surface area contributed by atoms with Crippen LogP contribution < -0.4 is 0 Å². The fourth-order valence-electron chi connectivity index (χ4n) is 1.09. The van der Waals surface area contributed by atoms with E-state index in [2.05, 4.69) is 4.98 Å². The topological polar surface area (TPSA) is 12.9 Å². The van der Waals surface area contributed by atoms with Crippen LogP contribution in [0.2, 0.25) is 5.02 Å². The zero-order chi connectivity index (χ0) is 11.8. The van der Waals surface area contributed by atoms with Crippen LogP contribution in [0.3, 0.4) is 0 Å². The van der Waals surface area contributed by atoms with Gasteiger partial charge in [0.15, 0.2) is 5.69 Å². The first-order valence-electron chi connectivity index (χ1n) is 3.75. The first-order chi connectivity index (χ1) is 6.75. The number of rotatable bonds is 1. The molecule has 0 atom stereocenters. The third-order valence-corrected chi connectivity index (χ3v) is 2.19. The summed E-state index contributed by atoms with van der Waals surface area (Å²) in [6, 6.07) is 0. The van der Waals surface area contributed by atoms with Crippen molar-refractivity contribution in [2.45, 2.75) is 19.5 Å². The molecule has 0 unspecified atom stereocenters. The van der Waals surface area contributed by atoms with Crippen molar-refractivity contribution in [1.29, 1.82) is 0 Å². The van der Waals surface area contributed by atoms with Gasteiger partial charge in [0.2, 0.25) is 0 Å². The molecule has 84 valence electrons. The van der Waals surface area contributed by atoms with Crippen molar-refractivity contribution in [1.82, 2.24) is 4.98 Å². The lowest BCUT2D eigenvalue weighted by Gasteiger charge is -2.14. The molecule has 0 aliphatic rings. The van der Waals surface area contributed by atoms with Gasteiger partial charge < -0.3 is 0 Å². The van der Waals surface area contributed by atoms with Gasteiger partial charge in [-0.1, -0.05) is 11.6 Å². The van der Waals surface area contributed by atoms with Crippen LogP contribution in [0.1, 0.15) is 23.2 Å². The number of hydrogen-bond donors (Lipinski definition) is 0. The molecule has 1 heterocycles. The van der Waals surface area contributed by atoms with Gasteiger partial charge in [-0.3, -0.25) is 0 Å². The summed E-state index contributed by atoms with van der Waals surface area (Å²) in [5.41, 5.74) is -3.04. The van der Waals surface area contributed by atoms with E-state index in [0.717, 1.165) is 6.92 Å². The van der Waals surface area contributed by atoms with Gasteiger partial charge in [0, 0.05) is 6.20 Å². The maximum absolute atomic E-state index is 12.4. The molecule has 1 rings (SSSR count). The summed E-state index contributed by atoms with van der Waals surface area (Å²) >= 11 is 5.42. The molecule has 0 bridgehead atoms. The maximum atomic E-state index is 12.4. The van der Waals surface area contributed by atoms with Gasteiger partial charge in [-0.2, -0.15) is 13.2 Å². The Balaban J connectivity index is 3.47. The van der Waals surface area contributed by atoms with Crippen LogP contribution in [0, 0.1) is 6.92 Å². The highest BCUT2D eigenvalue weighted by atomic mass is 35.5. The highest BCUT2D eigenvalue weighted by Crippen LogP contribution is 2.38. The van der Waals surface area contributed by atoms with Gasteiger partial charge >= 0.3 is 6.18 Å². The molecule has 0 saturated carbocycles. The first kappa shape index (κ1) is 12.2. The number of alkyl halides is 5. The van der Waals surface area contributed by atoms with E-state index in [9.17, 15) is 22.0 Å². The molecule has 1 aromatic heterocycles. The lowest BCUT2D eigenvalue weighted by Crippen LogP contribution is -2.13. The Morgan fingerprint density at radius 2 is 1.87 bits per heavy atom. The normalized spacial score (nSPS) is 12.3. The van der Waals surface area contributed by atoms with E-state index < -0.39 is 23.9 Å². The predicted octanol–water partition coefficient (Wildman–Crippen LogP) is 4.00. The van der Waals surface area contributed by atoms with E-state index in [0.29, 0.717) is 6.20 Å². The smallest absolute Gasteiger partial charge is 0.250 e. The number of nitrogens with zero attached hydrogens (tertiary/aromatic N) is 1. The SMILES string of the molecule is Cc1c(Cl)cnc(C(F)(F)F)c1C(F)F. The van der Waals surface area contributed by atoms with Crippen LogP contribution in [0.4, 0.5) is 22.0 Å². The molecule has 0 fully saturated rings. The highest BCUT2D eigenvalue weighted by Gasteiger charge is 2.38. The Hall–Kier alpha value is -0.910. The monoisotopic (exact) mass is 245 g/mol. The minimum atomic E-state index is -4.90. The van der Waals surface area contributed by atoms with Gasteiger partial charge in [-0.25, -0.2) is 13.8 Å². The summed E-state index contributed by atoms with van der Waals surface area (Å²) in [5, 5.41) is -0.210. The van der Waals surface area contributed by atoms with Crippen LogP contribution in [-0.4, -0.2) is 4.98 Å². The Labute approximate surface area is 86.9 Å². The van der Waals surface area contributed by atoms with Gasteiger partial charge in [0.1, 0.15) is 0 Å². The molecule has 0 saturated heterocycles. The molecule has 7 heteroatoms. The fourth-order valence-corrected chi connectivity index (χ4v) is 1.24. The lowest BCUT2D eigenvalue weighted by atomic mass is 10.1. The number of halogens is 6. The van der Waals surface area contributed by atoms with E-state index in [-0.39, 0.29) is 10.6 Å². The molecule has 0 radical (unpaired) electrons. The first-order valence-corrected chi connectivity index (χ1v) is 4.13. The predicted molar refractivity (Wildman–Crippen MR) is 43.9 cm³/mol. The number of hydrogen-bond acceptors (Lipinski definition) is 1. The molecular weight excluding hydrogens is 241 g/mol. The van der Waals surface area contributed by atoms with Crippen molar-refractivity contribution in [2.75, 3.05) is 0 Å². The van der Waals surface area contributed by atoms with Crippen molar-refractivity contribution < 1.29 is 22.0 Å². The third kappa shape index (κ3) is 2.37. The molecule has 0 aliphatic heterocycles. The summed E-state index contributed by atoms with van der Waals surface area (Å²) in [5.74, 6) is 0. The van der Waals surface area contributed by atoms with Crippen LogP contribution in [0.15, 0.2) is 6.20 Å². The van der Waals surface area contributed by atoms with Crippen molar-refractivity contribution in [3.05, 3.63) is 28.0 Å². The molecule has 0 N–H and O–H groups in total. The average molecular weight is 246 g/mol. The summed E-state index contributed by atoms with van der Waals surface area (Å²) in [7, 11) is 0. The minimum absolute atomic E-state index is 0.210. The Morgan fingerprint density at radius 1 is 1.33 bits per heavy atom. The van der Waals surface area contributed by atoms with Crippen molar-refractivity contribution in [3.63, 3.8) is 0 Å². The summed E-state index contributed by atoms with van der Waals surface area (Å²) in [6.45, 7) is 1.10. The van der Waals surface area contributed by atoms with Crippen LogP contribution >= 0.6 is 11.6 Å². The molecule has 15 heavy (non-hydrogen) atoms. The second-order valence-corrected chi connectivity index (χ2v) is 3.20. The van der Waals surface area contributed by atoms with Gasteiger partial charge in [0.25, 0.3) is 6.43 Å². The van der Waals surface area contributed by atoms with Gasteiger partial charge in [-0.05, 0) is 12.5 Å². The van der Waals surface area contributed by atoms with E-state index in [4.69, 9.17) is 11.6 Å². The maximum Gasteiger partial charge on any atom is 0.433 e. The second-order valence-electron chi connectivity index (χ2n) is 2.79. The third-order valence-electron chi connectivity index (χ3n) is 1.81. The van der Waals surface area contributed by atoms with Gasteiger partial charge in [0.05, 0.1) is 10.6 Å². The molecule has 0 spiro atoms. The number of pyridine rings is 1. The standard InChI is InChI=1S/C8H5ClF5N/c1-3-4(9)2-15-6(8(12,13)14)5(3)7(10)11/h2,7H,1H3. The molecule has 0 aliphatic carbocycles.